The molecule has 13 heavy (non-hydrogen) atoms. The minimum absolute atomic E-state index is 0.0150. The number of nitrogens with zero attached hydrogens (tertiary/aromatic N) is 2. The monoisotopic (exact) mass is 190 g/mol. The highest BCUT2D eigenvalue weighted by atomic mass is 16.4. The third kappa shape index (κ3) is 4.41. The van der Waals surface area contributed by atoms with Crippen molar-refractivity contribution in [2.24, 2.45) is 21.9 Å². The molecule has 0 aromatic heterocycles. The second-order valence-corrected chi connectivity index (χ2v) is 2.42. The molecule has 0 radical (unpaired) electrons. The summed E-state index contributed by atoms with van der Waals surface area (Å²) < 4.78 is 0. The second-order valence-electron chi connectivity index (χ2n) is 2.42. The molecule has 7 heteroatoms. The molecule has 0 aromatic rings. The summed E-state index contributed by atoms with van der Waals surface area (Å²) >= 11 is 0. The first-order valence-corrected chi connectivity index (χ1v) is 3.62. The molecule has 0 spiro atoms. The highest BCUT2D eigenvalue weighted by Gasteiger charge is 2.16. The van der Waals surface area contributed by atoms with Gasteiger partial charge < -0.3 is 27.0 Å². The largest absolute Gasteiger partial charge is 0.394 e. The lowest BCUT2D eigenvalue weighted by Gasteiger charge is -2.14. The molecule has 0 amide bonds. The molecule has 0 rings (SSSR count). The van der Waals surface area contributed by atoms with E-state index in [0.717, 1.165) is 6.21 Å². The van der Waals surface area contributed by atoms with E-state index < -0.39 is 18.8 Å². The van der Waals surface area contributed by atoms with Gasteiger partial charge in [0.1, 0.15) is 6.10 Å². The first-order valence-electron chi connectivity index (χ1n) is 3.62. The van der Waals surface area contributed by atoms with E-state index in [4.69, 9.17) is 21.9 Å². The summed E-state index contributed by atoms with van der Waals surface area (Å²) in [5.41, 5.74) is 0.238. The van der Waals surface area contributed by atoms with Gasteiger partial charge in [-0.15, -0.1) is 0 Å². The quantitative estimate of drug-likeness (QED) is 0.183. The van der Waals surface area contributed by atoms with Crippen LogP contribution in [0.1, 0.15) is 6.42 Å². The molecule has 0 aliphatic carbocycles. The molecular formula is C6H14N4O3. The number of hydrogen-bond acceptors (Lipinski definition) is 7. The number of aliphatic hydroxyl groups excluding tert-OH is 3. The lowest BCUT2D eigenvalue weighted by Crippen LogP contribution is -2.32. The van der Waals surface area contributed by atoms with Crippen molar-refractivity contribution >= 4 is 11.9 Å². The minimum Gasteiger partial charge on any atom is -0.394 e. The van der Waals surface area contributed by atoms with Crippen LogP contribution in [0.25, 0.3) is 0 Å². The van der Waals surface area contributed by atoms with Gasteiger partial charge in [0.15, 0.2) is 0 Å². The topological polar surface area (TPSA) is 137 Å². The summed E-state index contributed by atoms with van der Waals surface area (Å²) in [4.78, 5) is 0. The van der Waals surface area contributed by atoms with E-state index in [2.05, 4.69) is 10.2 Å². The van der Waals surface area contributed by atoms with Crippen molar-refractivity contribution in [1.82, 2.24) is 0 Å². The zero-order valence-corrected chi connectivity index (χ0v) is 7.04. The van der Waals surface area contributed by atoms with Gasteiger partial charge in [-0.25, -0.2) is 0 Å². The van der Waals surface area contributed by atoms with Gasteiger partial charge in [-0.05, 0) is 0 Å². The summed E-state index contributed by atoms with van der Waals surface area (Å²) in [5.74, 6) is 9.76. The van der Waals surface area contributed by atoms with Crippen LogP contribution in [-0.2, 0) is 0 Å². The summed E-state index contributed by atoms with van der Waals surface area (Å²) in [7, 11) is 0. The molecule has 0 aromatic carbocycles. The van der Waals surface area contributed by atoms with E-state index in [9.17, 15) is 5.11 Å². The van der Waals surface area contributed by atoms with Gasteiger partial charge in [-0.2, -0.15) is 10.2 Å². The molecule has 2 atom stereocenters. The third-order valence-electron chi connectivity index (χ3n) is 1.44. The van der Waals surface area contributed by atoms with Crippen LogP contribution in [0.3, 0.4) is 0 Å². The maximum atomic E-state index is 9.20. The van der Waals surface area contributed by atoms with Crippen molar-refractivity contribution in [3.05, 3.63) is 0 Å². The van der Waals surface area contributed by atoms with Crippen LogP contribution in [0.4, 0.5) is 0 Å². The number of rotatable bonds is 5. The Morgan fingerprint density at radius 3 is 2.31 bits per heavy atom. The van der Waals surface area contributed by atoms with Gasteiger partial charge in [0, 0.05) is 6.42 Å². The van der Waals surface area contributed by atoms with Crippen LogP contribution >= 0.6 is 0 Å². The van der Waals surface area contributed by atoms with Gasteiger partial charge in [-0.3, -0.25) is 0 Å². The van der Waals surface area contributed by atoms with Crippen molar-refractivity contribution in [3.63, 3.8) is 0 Å². The first-order chi connectivity index (χ1) is 6.15. The van der Waals surface area contributed by atoms with E-state index >= 15 is 0 Å². The van der Waals surface area contributed by atoms with Gasteiger partial charge in [0.2, 0.25) is 0 Å². The third-order valence-corrected chi connectivity index (χ3v) is 1.44. The number of aliphatic hydroxyl groups is 3. The van der Waals surface area contributed by atoms with E-state index in [1.165, 1.54) is 0 Å². The van der Waals surface area contributed by atoms with Crippen molar-refractivity contribution in [1.29, 1.82) is 0 Å². The first kappa shape index (κ1) is 11.8. The SMILES string of the molecule is N/N=C/C(C[C@H](O)[C@H](O)CO)=N/N. The Morgan fingerprint density at radius 1 is 1.31 bits per heavy atom. The number of nitrogens with two attached hydrogens (primary N) is 2. The number of hydrazone groups is 2. The molecule has 0 fully saturated rings. The molecule has 0 aliphatic rings. The van der Waals surface area contributed by atoms with Crippen LogP contribution in [0.5, 0.6) is 0 Å². The lowest BCUT2D eigenvalue weighted by atomic mass is 10.1. The summed E-state index contributed by atoms with van der Waals surface area (Å²) in [6.45, 7) is -0.529. The predicted octanol–water partition coefficient (Wildman–Crippen LogP) is -2.65. The Labute approximate surface area is 75.4 Å². The molecule has 0 saturated carbocycles. The highest BCUT2D eigenvalue weighted by molar-refractivity contribution is 6.30. The average molecular weight is 190 g/mol. The van der Waals surface area contributed by atoms with E-state index in [1.807, 2.05) is 0 Å². The standard InChI is InChI=1S/C6H14N4O3/c7-9-2-4(10-8)1-5(12)6(13)3-11/h2,5-6,11-13H,1,3,7-8H2/b9-2+,10-4+/t5-,6+/m0/s1. The van der Waals surface area contributed by atoms with Crippen molar-refractivity contribution < 1.29 is 15.3 Å². The fourth-order valence-electron chi connectivity index (χ4n) is 0.697. The fourth-order valence-corrected chi connectivity index (χ4v) is 0.697. The van der Waals surface area contributed by atoms with E-state index in [0.29, 0.717) is 0 Å². The molecule has 0 bridgehead atoms. The Bertz CT molecular complexity index is 194. The molecule has 0 unspecified atom stereocenters. The molecule has 0 saturated heterocycles. The second kappa shape index (κ2) is 6.35. The van der Waals surface area contributed by atoms with Crippen LogP contribution in [0.2, 0.25) is 0 Å². The van der Waals surface area contributed by atoms with Crippen LogP contribution < -0.4 is 11.7 Å². The molecule has 76 valence electrons. The summed E-state index contributed by atoms with van der Waals surface area (Å²) in [6, 6.07) is 0. The average Bonchev–Trinajstić information content (AvgIpc) is 2.15. The zero-order chi connectivity index (χ0) is 10.3. The highest BCUT2D eigenvalue weighted by Crippen LogP contribution is 1.99. The van der Waals surface area contributed by atoms with E-state index in [1.54, 1.807) is 0 Å². The van der Waals surface area contributed by atoms with Crippen molar-refractivity contribution in [3.8, 4) is 0 Å². The fraction of sp³-hybridized carbons (Fsp3) is 0.667. The minimum atomic E-state index is -1.22. The van der Waals surface area contributed by atoms with Crippen LogP contribution in [0, 0.1) is 0 Å². The smallest absolute Gasteiger partial charge is 0.103 e. The number of hydrogen-bond donors (Lipinski definition) is 5. The van der Waals surface area contributed by atoms with Gasteiger partial charge >= 0.3 is 0 Å². The van der Waals surface area contributed by atoms with E-state index in [-0.39, 0.29) is 12.1 Å². The molecule has 7 N–H and O–H groups in total. The Balaban J connectivity index is 4.09. The molecule has 7 nitrogen and oxygen atoms in total. The Hall–Kier alpha value is -1.18. The summed E-state index contributed by atoms with van der Waals surface area (Å²) in [5, 5.41) is 33.1. The van der Waals surface area contributed by atoms with Gasteiger partial charge in [0.25, 0.3) is 0 Å². The van der Waals surface area contributed by atoms with Crippen molar-refractivity contribution in [2.45, 2.75) is 18.6 Å². The normalized spacial score (nSPS) is 17.6. The zero-order valence-electron chi connectivity index (χ0n) is 7.04. The Morgan fingerprint density at radius 2 is 1.92 bits per heavy atom. The molecule has 0 heterocycles. The van der Waals surface area contributed by atoms with Gasteiger partial charge in [-0.1, -0.05) is 0 Å². The Kier molecular flexibility index (Phi) is 5.77. The lowest BCUT2D eigenvalue weighted by molar-refractivity contribution is -0.00972. The maximum absolute atomic E-state index is 9.20. The maximum Gasteiger partial charge on any atom is 0.103 e. The predicted molar refractivity (Wildman–Crippen MR) is 48.0 cm³/mol. The molecule has 0 aliphatic heterocycles. The van der Waals surface area contributed by atoms with Crippen LogP contribution in [0.15, 0.2) is 10.2 Å². The van der Waals surface area contributed by atoms with Crippen LogP contribution in [-0.4, -0.2) is 46.1 Å². The van der Waals surface area contributed by atoms with Gasteiger partial charge in [0.05, 0.1) is 24.6 Å². The summed E-state index contributed by atoms with van der Waals surface area (Å²) in [6.07, 6.45) is -1.21. The molecular weight excluding hydrogens is 176 g/mol. The van der Waals surface area contributed by atoms with Crippen molar-refractivity contribution in [2.75, 3.05) is 6.61 Å².